The molecule has 0 spiro atoms. The van der Waals surface area contributed by atoms with E-state index in [2.05, 4.69) is 28.3 Å². The highest BCUT2D eigenvalue weighted by atomic mass is 35.5. The molecule has 0 saturated heterocycles. The Balaban J connectivity index is 2.20. The maximum atomic E-state index is 6.28. The second kappa shape index (κ2) is 6.18. The minimum Gasteiger partial charge on any atom is -0.313 e. The van der Waals surface area contributed by atoms with Crippen molar-refractivity contribution in [3.05, 3.63) is 47.4 Å². The number of hydrogen-bond donors (Lipinski definition) is 1. The summed E-state index contributed by atoms with van der Waals surface area (Å²) in [7, 11) is 1.93. The first-order chi connectivity index (χ1) is 8.70. The molecule has 1 aromatic heterocycles. The topological polar surface area (TPSA) is 37.8 Å². The summed E-state index contributed by atoms with van der Waals surface area (Å²) in [6, 6.07) is 6.37. The third-order valence-electron chi connectivity index (χ3n) is 2.64. The zero-order valence-electron chi connectivity index (χ0n) is 10.2. The van der Waals surface area contributed by atoms with Crippen LogP contribution < -0.4 is 5.32 Å². The third-order valence-corrected chi connectivity index (χ3v) is 4.06. The molecule has 5 heteroatoms. The summed E-state index contributed by atoms with van der Waals surface area (Å²) in [5, 5.41) is 4.77. The lowest BCUT2D eigenvalue weighted by molar-refractivity contribution is 0.652. The standard InChI is InChI=1S/C13H14ClN3S/c1-9(15-2)10-3-4-12(11(14)7-10)18-13-8-16-5-6-17-13/h3-9,15H,1-2H3. The SMILES string of the molecule is CNC(C)c1ccc(Sc2cnccn2)c(Cl)c1. The van der Waals surface area contributed by atoms with Gasteiger partial charge in [0.2, 0.25) is 0 Å². The first-order valence-corrected chi connectivity index (χ1v) is 6.80. The Labute approximate surface area is 116 Å². The van der Waals surface area contributed by atoms with Gasteiger partial charge in [-0.15, -0.1) is 0 Å². The summed E-state index contributed by atoms with van der Waals surface area (Å²) in [6.07, 6.45) is 5.06. The number of nitrogens with zero attached hydrogens (tertiary/aromatic N) is 2. The van der Waals surface area contributed by atoms with Crippen LogP contribution in [0.3, 0.4) is 0 Å². The van der Waals surface area contributed by atoms with Crippen LogP contribution in [0.15, 0.2) is 46.7 Å². The lowest BCUT2D eigenvalue weighted by Crippen LogP contribution is -2.12. The summed E-state index contributed by atoms with van der Waals surface area (Å²) < 4.78 is 0. The molecule has 2 rings (SSSR count). The molecule has 0 amide bonds. The van der Waals surface area contributed by atoms with Crippen molar-refractivity contribution in [1.82, 2.24) is 15.3 Å². The Hall–Kier alpha value is -1.10. The molecular weight excluding hydrogens is 266 g/mol. The van der Waals surface area contributed by atoms with Crippen molar-refractivity contribution in [2.75, 3.05) is 7.05 Å². The van der Waals surface area contributed by atoms with E-state index in [0.717, 1.165) is 14.9 Å². The van der Waals surface area contributed by atoms with E-state index in [-0.39, 0.29) is 6.04 Å². The first kappa shape index (κ1) is 13.3. The number of rotatable bonds is 4. The van der Waals surface area contributed by atoms with Gasteiger partial charge < -0.3 is 5.32 Å². The molecular formula is C13H14ClN3S. The zero-order chi connectivity index (χ0) is 13.0. The summed E-state index contributed by atoms with van der Waals surface area (Å²) in [5.74, 6) is 0. The van der Waals surface area contributed by atoms with Crippen molar-refractivity contribution in [1.29, 1.82) is 0 Å². The van der Waals surface area contributed by atoms with Crippen LogP contribution in [0.1, 0.15) is 18.5 Å². The second-order valence-corrected chi connectivity index (χ2v) is 5.32. The molecule has 18 heavy (non-hydrogen) atoms. The highest BCUT2D eigenvalue weighted by Gasteiger charge is 2.08. The molecule has 0 aliphatic carbocycles. The van der Waals surface area contributed by atoms with Crippen LogP contribution in [0.4, 0.5) is 0 Å². The van der Waals surface area contributed by atoms with Crippen molar-refractivity contribution in [2.24, 2.45) is 0 Å². The summed E-state index contributed by atoms with van der Waals surface area (Å²) in [6.45, 7) is 2.10. The number of aromatic nitrogens is 2. The van der Waals surface area contributed by atoms with E-state index in [1.165, 1.54) is 17.3 Å². The lowest BCUT2D eigenvalue weighted by Gasteiger charge is -2.12. The van der Waals surface area contributed by atoms with Crippen molar-refractivity contribution < 1.29 is 0 Å². The Bertz CT molecular complexity index is 519. The molecule has 0 bridgehead atoms. The van der Waals surface area contributed by atoms with E-state index >= 15 is 0 Å². The summed E-state index contributed by atoms with van der Waals surface area (Å²) in [5.41, 5.74) is 1.17. The van der Waals surface area contributed by atoms with Gasteiger partial charge in [0, 0.05) is 23.3 Å². The molecule has 94 valence electrons. The normalized spacial score (nSPS) is 12.4. The predicted molar refractivity (Wildman–Crippen MR) is 75.1 cm³/mol. The third kappa shape index (κ3) is 3.22. The van der Waals surface area contributed by atoms with Crippen LogP contribution >= 0.6 is 23.4 Å². The second-order valence-electron chi connectivity index (χ2n) is 3.85. The van der Waals surface area contributed by atoms with Crippen LogP contribution in [0, 0.1) is 0 Å². The molecule has 3 nitrogen and oxygen atoms in total. The molecule has 0 aliphatic rings. The van der Waals surface area contributed by atoms with E-state index in [4.69, 9.17) is 11.6 Å². The van der Waals surface area contributed by atoms with Crippen molar-refractivity contribution in [2.45, 2.75) is 22.9 Å². The molecule has 1 atom stereocenters. The smallest absolute Gasteiger partial charge is 0.119 e. The maximum absolute atomic E-state index is 6.28. The Morgan fingerprint density at radius 2 is 2.17 bits per heavy atom. The fraction of sp³-hybridized carbons (Fsp3) is 0.231. The highest BCUT2D eigenvalue weighted by Crippen LogP contribution is 2.33. The van der Waals surface area contributed by atoms with Crippen LogP contribution in [0.5, 0.6) is 0 Å². The monoisotopic (exact) mass is 279 g/mol. The predicted octanol–water partition coefficient (Wildman–Crippen LogP) is 3.56. The van der Waals surface area contributed by atoms with Crippen molar-refractivity contribution in [3.63, 3.8) is 0 Å². The van der Waals surface area contributed by atoms with Gasteiger partial charge in [0.1, 0.15) is 5.03 Å². The molecule has 0 saturated carbocycles. The summed E-state index contributed by atoms with van der Waals surface area (Å²) in [4.78, 5) is 9.24. The highest BCUT2D eigenvalue weighted by molar-refractivity contribution is 7.99. The Morgan fingerprint density at radius 3 is 2.78 bits per heavy atom. The number of benzene rings is 1. The van der Waals surface area contributed by atoms with Crippen molar-refractivity contribution >= 4 is 23.4 Å². The minimum absolute atomic E-state index is 0.290. The van der Waals surface area contributed by atoms with Gasteiger partial charge >= 0.3 is 0 Å². The minimum atomic E-state index is 0.290. The van der Waals surface area contributed by atoms with Crippen LogP contribution in [0.2, 0.25) is 5.02 Å². The van der Waals surface area contributed by atoms with Gasteiger partial charge in [-0.25, -0.2) is 4.98 Å². The average Bonchev–Trinajstić information content (AvgIpc) is 2.41. The van der Waals surface area contributed by atoms with E-state index in [1.807, 2.05) is 19.2 Å². The maximum Gasteiger partial charge on any atom is 0.119 e. The molecule has 1 heterocycles. The zero-order valence-corrected chi connectivity index (χ0v) is 11.8. The van der Waals surface area contributed by atoms with Gasteiger partial charge in [0.15, 0.2) is 0 Å². The molecule has 0 fully saturated rings. The van der Waals surface area contributed by atoms with Gasteiger partial charge in [0.05, 0.1) is 11.2 Å². The van der Waals surface area contributed by atoms with Crippen LogP contribution in [0.25, 0.3) is 0 Å². The van der Waals surface area contributed by atoms with E-state index in [0.29, 0.717) is 0 Å². The molecule has 0 radical (unpaired) electrons. The number of hydrogen-bond acceptors (Lipinski definition) is 4. The van der Waals surface area contributed by atoms with Gasteiger partial charge in [-0.1, -0.05) is 29.4 Å². The quantitative estimate of drug-likeness (QED) is 0.929. The largest absolute Gasteiger partial charge is 0.313 e. The number of nitrogens with one attached hydrogen (secondary N) is 1. The fourth-order valence-corrected chi connectivity index (χ4v) is 2.54. The van der Waals surface area contributed by atoms with Crippen molar-refractivity contribution in [3.8, 4) is 0 Å². The Kier molecular flexibility index (Phi) is 4.58. The average molecular weight is 280 g/mol. The van der Waals surface area contributed by atoms with Gasteiger partial charge in [-0.05, 0) is 31.7 Å². The first-order valence-electron chi connectivity index (χ1n) is 5.61. The molecule has 1 aromatic carbocycles. The molecule has 2 aromatic rings. The van der Waals surface area contributed by atoms with Gasteiger partial charge in [-0.3, -0.25) is 4.98 Å². The van der Waals surface area contributed by atoms with Gasteiger partial charge in [-0.2, -0.15) is 0 Å². The molecule has 1 unspecified atom stereocenters. The van der Waals surface area contributed by atoms with E-state index < -0.39 is 0 Å². The summed E-state index contributed by atoms with van der Waals surface area (Å²) >= 11 is 7.80. The molecule has 1 N–H and O–H groups in total. The lowest BCUT2D eigenvalue weighted by atomic mass is 10.1. The van der Waals surface area contributed by atoms with Crippen LogP contribution in [-0.4, -0.2) is 17.0 Å². The van der Waals surface area contributed by atoms with E-state index in [1.54, 1.807) is 18.6 Å². The van der Waals surface area contributed by atoms with E-state index in [9.17, 15) is 0 Å². The fourth-order valence-electron chi connectivity index (χ4n) is 1.49. The Morgan fingerprint density at radius 1 is 1.33 bits per heavy atom. The van der Waals surface area contributed by atoms with Gasteiger partial charge in [0.25, 0.3) is 0 Å². The number of halogens is 1. The van der Waals surface area contributed by atoms with Crippen LogP contribution in [-0.2, 0) is 0 Å². The molecule has 0 aliphatic heterocycles.